The van der Waals surface area contributed by atoms with Gasteiger partial charge in [-0.25, -0.2) is 0 Å². The summed E-state index contributed by atoms with van der Waals surface area (Å²) >= 11 is -0.314. The Morgan fingerprint density at radius 3 is 2.53 bits per heavy atom. The van der Waals surface area contributed by atoms with Crippen LogP contribution in [0.2, 0.25) is 0 Å². The molecule has 1 amide bonds. The number of thioether (sulfide) groups is 1. The van der Waals surface area contributed by atoms with Crippen molar-refractivity contribution in [2.24, 2.45) is 0 Å². The van der Waals surface area contributed by atoms with E-state index in [0.717, 1.165) is 0 Å². The summed E-state index contributed by atoms with van der Waals surface area (Å²) < 4.78 is 37.2. The molecule has 0 aromatic heterocycles. The second-order valence-electron chi connectivity index (χ2n) is 4.44. The van der Waals surface area contributed by atoms with Gasteiger partial charge in [0.15, 0.2) is 0 Å². The maximum atomic E-state index is 12.4. The van der Waals surface area contributed by atoms with Gasteiger partial charge in [-0.3, -0.25) is 4.79 Å². The molecule has 19 heavy (non-hydrogen) atoms. The second-order valence-corrected chi connectivity index (χ2v) is 5.54. The van der Waals surface area contributed by atoms with E-state index in [1.807, 2.05) is 0 Å². The van der Waals surface area contributed by atoms with Crippen LogP contribution in [0.3, 0.4) is 0 Å². The van der Waals surface area contributed by atoms with Gasteiger partial charge in [0.25, 0.3) is 5.91 Å². The number of alkyl halides is 3. The number of hydrogen-bond acceptors (Lipinski definition) is 3. The highest BCUT2D eigenvalue weighted by Crippen LogP contribution is 2.39. The van der Waals surface area contributed by atoms with Gasteiger partial charge in [-0.15, -0.1) is 0 Å². The van der Waals surface area contributed by atoms with Crippen molar-refractivity contribution < 1.29 is 23.1 Å². The maximum Gasteiger partial charge on any atom is 0.446 e. The number of carbonyl (C=O) groups excluding carboxylic acids is 1. The molecule has 1 fully saturated rings. The SMILES string of the molecule is O=C(NC1(CO)CC1)c1ccccc1SC(F)(F)F. The molecule has 1 aliphatic carbocycles. The minimum Gasteiger partial charge on any atom is -0.394 e. The lowest BCUT2D eigenvalue weighted by Crippen LogP contribution is -2.39. The summed E-state index contributed by atoms with van der Waals surface area (Å²) in [5.74, 6) is -0.584. The summed E-state index contributed by atoms with van der Waals surface area (Å²) in [6, 6.07) is 5.56. The number of rotatable bonds is 4. The summed E-state index contributed by atoms with van der Waals surface area (Å²) in [6.07, 6.45) is 1.29. The van der Waals surface area contributed by atoms with Crippen LogP contribution in [0.25, 0.3) is 0 Å². The molecule has 0 aliphatic heterocycles. The number of amides is 1. The van der Waals surface area contributed by atoms with Gasteiger partial charge in [0, 0.05) is 4.90 Å². The van der Waals surface area contributed by atoms with E-state index < -0.39 is 17.0 Å². The first kappa shape index (κ1) is 14.2. The highest BCUT2D eigenvalue weighted by molar-refractivity contribution is 8.00. The Bertz CT molecular complexity index is 486. The van der Waals surface area contributed by atoms with Crippen LogP contribution in [0.4, 0.5) is 13.2 Å². The van der Waals surface area contributed by atoms with Crippen LogP contribution >= 0.6 is 11.8 Å². The average Bonchev–Trinajstić information content (AvgIpc) is 3.08. The molecular formula is C12H12F3NO2S. The Balaban J connectivity index is 2.17. The molecule has 2 N–H and O–H groups in total. The summed E-state index contributed by atoms with van der Waals surface area (Å²) in [5, 5.41) is 11.7. The van der Waals surface area contributed by atoms with Gasteiger partial charge in [0.05, 0.1) is 17.7 Å². The molecular weight excluding hydrogens is 279 g/mol. The fraction of sp³-hybridized carbons (Fsp3) is 0.417. The van der Waals surface area contributed by atoms with Crippen molar-refractivity contribution in [3.8, 4) is 0 Å². The van der Waals surface area contributed by atoms with E-state index in [4.69, 9.17) is 5.11 Å². The summed E-state index contributed by atoms with van der Waals surface area (Å²) in [4.78, 5) is 11.8. The van der Waals surface area contributed by atoms with E-state index in [-0.39, 0.29) is 28.8 Å². The molecule has 1 aromatic rings. The van der Waals surface area contributed by atoms with Crippen molar-refractivity contribution in [2.75, 3.05) is 6.61 Å². The molecule has 0 atom stereocenters. The topological polar surface area (TPSA) is 49.3 Å². The number of halogens is 3. The first-order valence-electron chi connectivity index (χ1n) is 5.63. The van der Waals surface area contributed by atoms with Crippen molar-refractivity contribution in [2.45, 2.75) is 28.8 Å². The van der Waals surface area contributed by atoms with Gasteiger partial charge in [-0.2, -0.15) is 13.2 Å². The fourth-order valence-corrected chi connectivity index (χ4v) is 2.32. The quantitative estimate of drug-likeness (QED) is 0.838. The van der Waals surface area contributed by atoms with E-state index in [9.17, 15) is 18.0 Å². The van der Waals surface area contributed by atoms with Crippen LogP contribution in [0, 0.1) is 0 Å². The number of aliphatic hydroxyl groups excluding tert-OH is 1. The molecule has 0 radical (unpaired) electrons. The lowest BCUT2D eigenvalue weighted by atomic mass is 10.2. The molecule has 3 nitrogen and oxygen atoms in total. The van der Waals surface area contributed by atoms with Gasteiger partial charge in [-0.1, -0.05) is 12.1 Å². The molecule has 0 spiro atoms. The Hall–Kier alpha value is -1.21. The highest BCUT2D eigenvalue weighted by atomic mass is 32.2. The van der Waals surface area contributed by atoms with Crippen molar-refractivity contribution in [3.63, 3.8) is 0 Å². The Kier molecular flexibility index (Phi) is 3.78. The molecule has 1 saturated carbocycles. The van der Waals surface area contributed by atoms with Crippen LogP contribution in [0.15, 0.2) is 29.2 Å². The molecule has 1 aromatic carbocycles. The third kappa shape index (κ3) is 3.63. The van der Waals surface area contributed by atoms with Gasteiger partial charge in [0.2, 0.25) is 0 Å². The monoisotopic (exact) mass is 291 g/mol. The molecule has 1 aliphatic rings. The van der Waals surface area contributed by atoms with Crippen LogP contribution in [-0.4, -0.2) is 28.7 Å². The van der Waals surface area contributed by atoms with Crippen LogP contribution < -0.4 is 5.32 Å². The van der Waals surface area contributed by atoms with Gasteiger partial charge in [0.1, 0.15) is 0 Å². The molecule has 0 bridgehead atoms. The fourth-order valence-electron chi connectivity index (χ4n) is 1.65. The third-order valence-electron chi connectivity index (χ3n) is 2.89. The molecule has 0 heterocycles. The Morgan fingerprint density at radius 1 is 1.37 bits per heavy atom. The van der Waals surface area contributed by atoms with Crippen LogP contribution in [-0.2, 0) is 0 Å². The van der Waals surface area contributed by atoms with E-state index in [2.05, 4.69) is 5.32 Å². The van der Waals surface area contributed by atoms with E-state index in [1.165, 1.54) is 24.3 Å². The number of hydrogen-bond donors (Lipinski definition) is 2. The average molecular weight is 291 g/mol. The van der Waals surface area contributed by atoms with E-state index in [0.29, 0.717) is 12.8 Å². The number of aliphatic hydroxyl groups is 1. The molecule has 104 valence electrons. The standard InChI is InChI=1S/C12H12F3NO2S/c13-12(14,15)19-9-4-2-1-3-8(9)10(18)16-11(7-17)5-6-11/h1-4,17H,5-7H2,(H,16,18). The van der Waals surface area contributed by atoms with Crippen molar-refractivity contribution >= 4 is 17.7 Å². The maximum absolute atomic E-state index is 12.4. The van der Waals surface area contributed by atoms with Gasteiger partial charge < -0.3 is 10.4 Å². The van der Waals surface area contributed by atoms with Crippen molar-refractivity contribution in [3.05, 3.63) is 29.8 Å². The Labute approximate surface area is 112 Å². The molecule has 0 saturated heterocycles. The molecule has 0 unspecified atom stereocenters. The van der Waals surface area contributed by atoms with Gasteiger partial charge >= 0.3 is 5.51 Å². The second kappa shape index (κ2) is 5.05. The van der Waals surface area contributed by atoms with Crippen molar-refractivity contribution in [1.82, 2.24) is 5.32 Å². The molecule has 7 heteroatoms. The minimum absolute atomic E-state index is 0.0236. The zero-order valence-corrected chi connectivity index (χ0v) is 10.6. The lowest BCUT2D eigenvalue weighted by Gasteiger charge is -2.16. The van der Waals surface area contributed by atoms with E-state index in [1.54, 1.807) is 0 Å². The van der Waals surface area contributed by atoms with Gasteiger partial charge in [-0.05, 0) is 36.7 Å². The predicted molar refractivity (Wildman–Crippen MR) is 64.9 cm³/mol. The normalized spacial score (nSPS) is 17.1. The summed E-state index contributed by atoms with van der Waals surface area (Å²) in [6.45, 7) is -0.201. The highest BCUT2D eigenvalue weighted by Gasteiger charge is 2.44. The van der Waals surface area contributed by atoms with E-state index >= 15 is 0 Å². The lowest BCUT2D eigenvalue weighted by molar-refractivity contribution is -0.0328. The zero-order valence-electron chi connectivity index (χ0n) is 9.83. The largest absolute Gasteiger partial charge is 0.446 e. The Morgan fingerprint density at radius 2 is 2.00 bits per heavy atom. The molecule has 2 rings (SSSR count). The number of carbonyl (C=O) groups is 1. The van der Waals surface area contributed by atoms with Crippen LogP contribution in [0.1, 0.15) is 23.2 Å². The first-order chi connectivity index (χ1) is 8.85. The predicted octanol–water partition coefficient (Wildman–Crippen LogP) is 2.55. The first-order valence-corrected chi connectivity index (χ1v) is 6.45. The summed E-state index contributed by atoms with van der Waals surface area (Å²) in [7, 11) is 0. The van der Waals surface area contributed by atoms with Crippen molar-refractivity contribution in [1.29, 1.82) is 0 Å². The third-order valence-corrected chi connectivity index (χ3v) is 3.70. The minimum atomic E-state index is -4.44. The zero-order chi connectivity index (χ0) is 14.1. The van der Waals surface area contributed by atoms with Crippen LogP contribution in [0.5, 0.6) is 0 Å². The number of nitrogens with one attached hydrogen (secondary N) is 1. The number of benzene rings is 1. The summed E-state index contributed by atoms with van der Waals surface area (Å²) in [5.41, 5.74) is -5.11. The smallest absolute Gasteiger partial charge is 0.394 e.